The summed E-state index contributed by atoms with van der Waals surface area (Å²) in [6.45, 7) is 2.98. The van der Waals surface area contributed by atoms with E-state index in [2.05, 4.69) is 32.7 Å². The predicted octanol–water partition coefficient (Wildman–Crippen LogP) is 2.81. The van der Waals surface area contributed by atoms with E-state index in [0.717, 1.165) is 12.1 Å². The Labute approximate surface area is 174 Å². The van der Waals surface area contributed by atoms with Gasteiger partial charge < -0.3 is 19.9 Å². The molecular weight excluding hydrogens is 382 g/mol. The van der Waals surface area contributed by atoms with Crippen LogP contribution >= 0.6 is 0 Å². The number of amides is 2. The number of hydrogen-bond acceptors (Lipinski definition) is 5. The van der Waals surface area contributed by atoms with E-state index in [9.17, 15) is 9.59 Å². The molecule has 0 radical (unpaired) electrons. The number of ether oxygens (including phenoxy) is 1. The SMILES string of the molecule is CCn1cnnc1CNC(=O)Nc1cccc(C#Cc2cccc(C(=O)OC)c2)c1. The summed E-state index contributed by atoms with van der Waals surface area (Å²) in [4.78, 5) is 23.8. The highest BCUT2D eigenvalue weighted by Gasteiger charge is 2.07. The number of nitrogens with zero attached hydrogens (tertiary/aromatic N) is 3. The van der Waals surface area contributed by atoms with Gasteiger partial charge in [0.2, 0.25) is 0 Å². The van der Waals surface area contributed by atoms with Gasteiger partial charge in [-0.2, -0.15) is 0 Å². The minimum atomic E-state index is -0.409. The molecule has 152 valence electrons. The normalized spacial score (nSPS) is 9.93. The molecule has 2 aromatic carbocycles. The van der Waals surface area contributed by atoms with Gasteiger partial charge in [-0.15, -0.1) is 10.2 Å². The number of hydrogen-bond donors (Lipinski definition) is 2. The summed E-state index contributed by atoms with van der Waals surface area (Å²) in [6, 6.07) is 13.7. The largest absolute Gasteiger partial charge is 0.465 e. The van der Waals surface area contributed by atoms with E-state index in [1.807, 2.05) is 23.6 Å². The molecule has 0 unspecified atom stereocenters. The Kier molecular flexibility index (Phi) is 6.79. The zero-order chi connectivity index (χ0) is 21.3. The maximum absolute atomic E-state index is 12.2. The van der Waals surface area contributed by atoms with E-state index in [0.29, 0.717) is 22.6 Å². The lowest BCUT2D eigenvalue weighted by Gasteiger charge is -2.08. The first-order valence-corrected chi connectivity index (χ1v) is 9.31. The molecule has 0 spiro atoms. The maximum atomic E-state index is 12.2. The number of carbonyl (C=O) groups excluding carboxylic acids is 2. The van der Waals surface area contributed by atoms with Crippen molar-refractivity contribution in [3.05, 3.63) is 77.4 Å². The molecule has 0 atom stereocenters. The third kappa shape index (κ3) is 5.45. The molecule has 0 fully saturated rings. The van der Waals surface area contributed by atoms with E-state index in [1.165, 1.54) is 7.11 Å². The highest BCUT2D eigenvalue weighted by molar-refractivity contribution is 5.90. The summed E-state index contributed by atoms with van der Waals surface area (Å²) in [5.41, 5.74) is 2.46. The molecule has 30 heavy (non-hydrogen) atoms. The van der Waals surface area contributed by atoms with Crippen LogP contribution in [-0.2, 0) is 17.8 Å². The fraction of sp³-hybridized carbons (Fsp3) is 0.182. The second kappa shape index (κ2) is 9.89. The molecule has 3 rings (SSSR count). The molecule has 8 heteroatoms. The molecule has 2 amide bonds. The second-order valence-electron chi connectivity index (χ2n) is 6.24. The van der Waals surface area contributed by atoms with Crippen LogP contribution in [0.4, 0.5) is 10.5 Å². The van der Waals surface area contributed by atoms with Gasteiger partial charge in [-0.3, -0.25) is 0 Å². The van der Waals surface area contributed by atoms with E-state index in [4.69, 9.17) is 4.74 Å². The van der Waals surface area contributed by atoms with Gasteiger partial charge in [-0.1, -0.05) is 24.0 Å². The van der Waals surface area contributed by atoms with E-state index < -0.39 is 5.97 Å². The van der Waals surface area contributed by atoms with Crippen molar-refractivity contribution in [3.63, 3.8) is 0 Å². The van der Waals surface area contributed by atoms with Crippen LogP contribution in [0.2, 0.25) is 0 Å². The zero-order valence-corrected chi connectivity index (χ0v) is 16.7. The summed E-state index contributed by atoms with van der Waals surface area (Å²) in [5, 5.41) is 13.3. The molecule has 0 bridgehead atoms. The van der Waals surface area contributed by atoms with Crippen molar-refractivity contribution in [2.45, 2.75) is 20.0 Å². The van der Waals surface area contributed by atoms with Crippen LogP contribution in [0.3, 0.4) is 0 Å². The number of methoxy groups -OCH3 is 1. The number of nitrogens with one attached hydrogen (secondary N) is 2. The third-order valence-corrected chi connectivity index (χ3v) is 4.20. The summed E-state index contributed by atoms with van der Waals surface area (Å²) in [5.74, 6) is 6.32. The molecule has 3 aromatic rings. The molecule has 1 heterocycles. The molecule has 0 aliphatic heterocycles. The number of aromatic nitrogens is 3. The van der Waals surface area contributed by atoms with Gasteiger partial charge in [-0.05, 0) is 43.3 Å². The quantitative estimate of drug-likeness (QED) is 0.504. The topological polar surface area (TPSA) is 98.1 Å². The number of rotatable bonds is 5. The summed E-state index contributed by atoms with van der Waals surface area (Å²) >= 11 is 0. The monoisotopic (exact) mass is 403 g/mol. The van der Waals surface area contributed by atoms with Crippen LogP contribution in [-0.4, -0.2) is 33.9 Å². The van der Waals surface area contributed by atoms with Gasteiger partial charge in [0.05, 0.1) is 19.2 Å². The fourth-order valence-electron chi connectivity index (χ4n) is 2.68. The molecule has 8 nitrogen and oxygen atoms in total. The summed E-state index contributed by atoms with van der Waals surface area (Å²) in [6.07, 6.45) is 1.62. The molecule has 0 saturated carbocycles. The first-order valence-electron chi connectivity index (χ1n) is 9.31. The fourth-order valence-corrected chi connectivity index (χ4v) is 2.68. The number of benzene rings is 2. The second-order valence-corrected chi connectivity index (χ2v) is 6.24. The Morgan fingerprint density at radius 1 is 1.10 bits per heavy atom. The van der Waals surface area contributed by atoms with Crippen LogP contribution in [0.1, 0.15) is 34.2 Å². The lowest BCUT2D eigenvalue weighted by atomic mass is 10.1. The molecule has 0 aliphatic rings. The Morgan fingerprint density at radius 3 is 2.57 bits per heavy atom. The van der Waals surface area contributed by atoms with Crippen molar-refractivity contribution in [3.8, 4) is 11.8 Å². The number of carbonyl (C=O) groups is 2. The van der Waals surface area contributed by atoms with Gasteiger partial charge in [0, 0.05) is 23.4 Å². The standard InChI is InChI=1S/C22H21N5O3/c1-3-27-15-24-26-20(27)14-23-22(29)25-19-9-5-7-17(13-19)11-10-16-6-4-8-18(12-16)21(28)30-2/h4-9,12-13,15H,3,14H2,1-2H3,(H2,23,25,29). The molecule has 1 aromatic heterocycles. The number of aryl methyl sites for hydroxylation is 1. The lowest BCUT2D eigenvalue weighted by molar-refractivity contribution is 0.0600. The highest BCUT2D eigenvalue weighted by atomic mass is 16.5. The van der Waals surface area contributed by atoms with Crippen LogP contribution < -0.4 is 10.6 Å². The maximum Gasteiger partial charge on any atom is 0.337 e. The average Bonchev–Trinajstić information content (AvgIpc) is 3.24. The van der Waals surface area contributed by atoms with Crippen molar-refractivity contribution < 1.29 is 14.3 Å². The van der Waals surface area contributed by atoms with Gasteiger partial charge in [0.25, 0.3) is 0 Å². The molecular formula is C22H21N5O3. The Morgan fingerprint density at radius 2 is 1.83 bits per heavy atom. The van der Waals surface area contributed by atoms with Crippen LogP contribution in [0, 0.1) is 11.8 Å². The van der Waals surface area contributed by atoms with E-state index in [1.54, 1.807) is 42.7 Å². The van der Waals surface area contributed by atoms with Crippen molar-refractivity contribution >= 4 is 17.7 Å². The highest BCUT2D eigenvalue weighted by Crippen LogP contribution is 2.11. The van der Waals surface area contributed by atoms with Crippen LogP contribution in [0.15, 0.2) is 54.9 Å². The minimum Gasteiger partial charge on any atom is -0.465 e. The van der Waals surface area contributed by atoms with Crippen molar-refractivity contribution in [2.75, 3.05) is 12.4 Å². The summed E-state index contributed by atoms with van der Waals surface area (Å²) in [7, 11) is 1.34. The third-order valence-electron chi connectivity index (χ3n) is 4.20. The van der Waals surface area contributed by atoms with Crippen LogP contribution in [0.25, 0.3) is 0 Å². The molecule has 0 aliphatic carbocycles. The lowest BCUT2D eigenvalue weighted by Crippen LogP contribution is -2.29. The predicted molar refractivity (Wildman–Crippen MR) is 112 cm³/mol. The Bertz CT molecular complexity index is 1110. The smallest absolute Gasteiger partial charge is 0.337 e. The van der Waals surface area contributed by atoms with Crippen LogP contribution in [0.5, 0.6) is 0 Å². The number of esters is 1. The van der Waals surface area contributed by atoms with E-state index >= 15 is 0 Å². The van der Waals surface area contributed by atoms with E-state index in [-0.39, 0.29) is 12.6 Å². The number of urea groups is 1. The van der Waals surface area contributed by atoms with Crippen molar-refractivity contribution in [1.29, 1.82) is 0 Å². The Hall–Kier alpha value is -4.12. The average molecular weight is 403 g/mol. The summed E-state index contributed by atoms with van der Waals surface area (Å²) < 4.78 is 6.57. The van der Waals surface area contributed by atoms with Crippen molar-refractivity contribution in [2.24, 2.45) is 0 Å². The Balaban J connectivity index is 1.63. The van der Waals surface area contributed by atoms with Gasteiger partial charge in [0.15, 0.2) is 5.82 Å². The van der Waals surface area contributed by atoms with Gasteiger partial charge in [-0.25, -0.2) is 9.59 Å². The zero-order valence-electron chi connectivity index (χ0n) is 16.7. The van der Waals surface area contributed by atoms with Gasteiger partial charge >= 0.3 is 12.0 Å². The van der Waals surface area contributed by atoms with Crippen molar-refractivity contribution in [1.82, 2.24) is 20.1 Å². The minimum absolute atomic E-state index is 0.274. The molecule has 0 saturated heterocycles. The first kappa shape index (κ1) is 20.6. The van der Waals surface area contributed by atoms with Gasteiger partial charge in [0.1, 0.15) is 6.33 Å². The number of anilines is 1. The molecule has 2 N–H and O–H groups in total. The first-order chi connectivity index (χ1) is 14.6.